The minimum Gasteiger partial charge on any atom is -0.326 e. The second kappa shape index (κ2) is 7.43. The van der Waals surface area contributed by atoms with E-state index in [1.165, 1.54) is 24.0 Å². The molecule has 24 heavy (non-hydrogen) atoms. The normalized spacial score (nSPS) is 13.2. The lowest BCUT2D eigenvalue weighted by Gasteiger charge is -2.16. The Bertz CT molecular complexity index is 764. The number of para-hydroxylation sites is 1. The summed E-state index contributed by atoms with van der Waals surface area (Å²) < 4.78 is 0. The van der Waals surface area contributed by atoms with E-state index in [4.69, 9.17) is 0 Å². The van der Waals surface area contributed by atoms with E-state index in [0.29, 0.717) is 0 Å². The van der Waals surface area contributed by atoms with Crippen LogP contribution in [0.4, 0.5) is 5.69 Å². The molecule has 1 N–H and O–H groups in total. The molecule has 0 saturated carbocycles. The number of fused-ring (bicyclic) bond motifs is 1. The summed E-state index contributed by atoms with van der Waals surface area (Å²) in [7, 11) is 0. The van der Waals surface area contributed by atoms with Crippen LogP contribution in [0.25, 0.3) is 0 Å². The van der Waals surface area contributed by atoms with Crippen molar-refractivity contribution < 1.29 is 9.59 Å². The van der Waals surface area contributed by atoms with Crippen molar-refractivity contribution in [3.63, 3.8) is 0 Å². The monoisotopic (exact) mass is 321 g/mol. The summed E-state index contributed by atoms with van der Waals surface area (Å²) in [5, 5.41) is 2.88. The second-order valence-electron chi connectivity index (χ2n) is 6.48. The number of aryl methyl sites for hydroxylation is 3. The van der Waals surface area contributed by atoms with Gasteiger partial charge in [-0.2, -0.15) is 0 Å². The maximum absolute atomic E-state index is 12.4. The first kappa shape index (κ1) is 16.4. The Hall–Kier alpha value is -2.42. The van der Waals surface area contributed by atoms with E-state index in [0.717, 1.165) is 29.7 Å². The fourth-order valence-electron chi connectivity index (χ4n) is 3.20. The van der Waals surface area contributed by atoms with Gasteiger partial charge in [-0.05, 0) is 61.4 Å². The number of hydrogen-bond donors (Lipinski definition) is 1. The smallest absolute Gasteiger partial charge is 0.224 e. The Morgan fingerprint density at radius 2 is 1.71 bits per heavy atom. The molecule has 1 aliphatic carbocycles. The van der Waals surface area contributed by atoms with Crippen LogP contribution in [0.3, 0.4) is 0 Å². The van der Waals surface area contributed by atoms with Crippen LogP contribution < -0.4 is 5.32 Å². The lowest BCUT2D eigenvalue weighted by Crippen LogP contribution is -2.14. The molecule has 0 saturated heterocycles. The molecule has 2 aromatic rings. The van der Waals surface area contributed by atoms with Crippen LogP contribution in [0.1, 0.15) is 52.7 Å². The molecule has 0 spiro atoms. The third-order valence-corrected chi connectivity index (χ3v) is 4.67. The molecule has 0 atom stereocenters. The SMILES string of the molecule is Cc1ccccc1NC(=O)CCC(=O)c1ccc2c(c1)CCCC2. The number of benzene rings is 2. The van der Waals surface area contributed by atoms with Crippen LogP contribution in [0.2, 0.25) is 0 Å². The van der Waals surface area contributed by atoms with Gasteiger partial charge in [0.05, 0.1) is 0 Å². The Kier molecular flexibility index (Phi) is 5.09. The van der Waals surface area contributed by atoms with Gasteiger partial charge in [0.15, 0.2) is 5.78 Å². The number of rotatable bonds is 5. The first-order valence-electron chi connectivity index (χ1n) is 8.64. The van der Waals surface area contributed by atoms with Crippen LogP contribution in [0, 0.1) is 6.92 Å². The molecule has 0 heterocycles. The van der Waals surface area contributed by atoms with Crippen LogP contribution in [0.15, 0.2) is 42.5 Å². The molecule has 0 fully saturated rings. The number of anilines is 1. The zero-order chi connectivity index (χ0) is 16.9. The molecular weight excluding hydrogens is 298 g/mol. The molecule has 3 heteroatoms. The number of carbonyl (C=O) groups excluding carboxylic acids is 2. The summed E-state index contributed by atoms with van der Waals surface area (Å²) in [6, 6.07) is 13.7. The van der Waals surface area contributed by atoms with Gasteiger partial charge in [0.1, 0.15) is 0 Å². The van der Waals surface area contributed by atoms with E-state index in [-0.39, 0.29) is 24.5 Å². The Balaban J connectivity index is 1.57. The van der Waals surface area contributed by atoms with Gasteiger partial charge in [0.2, 0.25) is 5.91 Å². The molecule has 2 aromatic carbocycles. The number of amides is 1. The third kappa shape index (κ3) is 3.91. The van der Waals surface area contributed by atoms with E-state index in [2.05, 4.69) is 11.4 Å². The second-order valence-corrected chi connectivity index (χ2v) is 6.48. The Morgan fingerprint density at radius 3 is 2.50 bits per heavy atom. The molecule has 1 amide bonds. The van der Waals surface area contributed by atoms with Crippen LogP contribution >= 0.6 is 0 Å². The molecule has 0 unspecified atom stereocenters. The largest absolute Gasteiger partial charge is 0.326 e. The van der Waals surface area contributed by atoms with E-state index >= 15 is 0 Å². The summed E-state index contributed by atoms with van der Waals surface area (Å²) in [5.41, 5.74) is 5.24. The van der Waals surface area contributed by atoms with Crippen LogP contribution in [-0.2, 0) is 17.6 Å². The summed E-state index contributed by atoms with van der Waals surface area (Å²) in [6.07, 6.45) is 5.07. The number of ketones is 1. The zero-order valence-electron chi connectivity index (χ0n) is 14.1. The summed E-state index contributed by atoms with van der Waals surface area (Å²) in [4.78, 5) is 24.4. The van der Waals surface area contributed by atoms with Crippen molar-refractivity contribution in [1.82, 2.24) is 0 Å². The number of carbonyl (C=O) groups is 2. The molecular formula is C21H23NO2. The molecule has 3 rings (SSSR count). The van der Waals surface area contributed by atoms with Crippen molar-refractivity contribution in [2.75, 3.05) is 5.32 Å². The molecule has 0 aromatic heterocycles. The fraction of sp³-hybridized carbons (Fsp3) is 0.333. The minimum atomic E-state index is -0.115. The molecule has 124 valence electrons. The highest BCUT2D eigenvalue weighted by atomic mass is 16.2. The fourth-order valence-corrected chi connectivity index (χ4v) is 3.20. The van der Waals surface area contributed by atoms with E-state index in [1.807, 2.05) is 43.3 Å². The molecule has 0 bridgehead atoms. The number of hydrogen-bond acceptors (Lipinski definition) is 2. The third-order valence-electron chi connectivity index (χ3n) is 4.67. The number of nitrogens with one attached hydrogen (secondary N) is 1. The van der Waals surface area contributed by atoms with Crippen molar-refractivity contribution in [1.29, 1.82) is 0 Å². The summed E-state index contributed by atoms with van der Waals surface area (Å²) in [6.45, 7) is 1.95. The molecule has 1 aliphatic rings. The van der Waals surface area contributed by atoms with Gasteiger partial charge in [-0.15, -0.1) is 0 Å². The number of Topliss-reactive ketones (excluding diaryl/α,β-unsaturated/α-hetero) is 1. The highest BCUT2D eigenvalue weighted by Gasteiger charge is 2.14. The quantitative estimate of drug-likeness (QED) is 0.826. The van der Waals surface area contributed by atoms with Gasteiger partial charge >= 0.3 is 0 Å². The highest BCUT2D eigenvalue weighted by Crippen LogP contribution is 2.23. The van der Waals surface area contributed by atoms with Crippen LogP contribution in [-0.4, -0.2) is 11.7 Å². The summed E-state index contributed by atoms with van der Waals surface area (Å²) >= 11 is 0. The van der Waals surface area contributed by atoms with Gasteiger partial charge in [-0.3, -0.25) is 9.59 Å². The van der Waals surface area contributed by atoms with Gasteiger partial charge < -0.3 is 5.32 Å². The first-order valence-corrected chi connectivity index (χ1v) is 8.64. The maximum atomic E-state index is 12.4. The van der Waals surface area contributed by atoms with Crippen molar-refractivity contribution >= 4 is 17.4 Å². The van der Waals surface area contributed by atoms with Gasteiger partial charge in [0.25, 0.3) is 0 Å². The Labute approximate surface area is 143 Å². The minimum absolute atomic E-state index is 0.0447. The Morgan fingerprint density at radius 1 is 0.958 bits per heavy atom. The standard InChI is InChI=1S/C21H23NO2/c1-15-6-2-5-9-19(15)22-21(24)13-12-20(23)18-11-10-16-7-3-4-8-17(16)14-18/h2,5-6,9-11,14H,3-4,7-8,12-13H2,1H3,(H,22,24). The van der Waals surface area contributed by atoms with Crippen molar-refractivity contribution in [3.05, 3.63) is 64.7 Å². The highest BCUT2D eigenvalue weighted by molar-refractivity contribution is 6.00. The average molecular weight is 321 g/mol. The maximum Gasteiger partial charge on any atom is 0.224 e. The lowest BCUT2D eigenvalue weighted by molar-refractivity contribution is -0.116. The van der Waals surface area contributed by atoms with Crippen molar-refractivity contribution in [2.45, 2.75) is 45.4 Å². The van der Waals surface area contributed by atoms with Crippen molar-refractivity contribution in [3.8, 4) is 0 Å². The van der Waals surface area contributed by atoms with Gasteiger partial charge in [0, 0.05) is 24.1 Å². The molecule has 3 nitrogen and oxygen atoms in total. The summed E-state index contributed by atoms with van der Waals surface area (Å²) in [5.74, 6) is -0.0704. The zero-order valence-corrected chi connectivity index (χ0v) is 14.1. The van der Waals surface area contributed by atoms with Gasteiger partial charge in [-0.1, -0.05) is 30.3 Å². The van der Waals surface area contributed by atoms with E-state index in [9.17, 15) is 9.59 Å². The van der Waals surface area contributed by atoms with E-state index < -0.39 is 0 Å². The molecule has 0 radical (unpaired) electrons. The van der Waals surface area contributed by atoms with Crippen molar-refractivity contribution in [2.24, 2.45) is 0 Å². The average Bonchev–Trinajstić information content (AvgIpc) is 2.61. The van der Waals surface area contributed by atoms with Gasteiger partial charge in [-0.25, -0.2) is 0 Å². The lowest BCUT2D eigenvalue weighted by atomic mass is 9.89. The first-order chi connectivity index (χ1) is 11.6. The van der Waals surface area contributed by atoms with Crippen LogP contribution in [0.5, 0.6) is 0 Å². The van der Waals surface area contributed by atoms with E-state index in [1.54, 1.807) is 0 Å². The topological polar surface area (TPSA) is 46.2 Å². The molecule has 0 aliphatic heterocycles. The predicted octanol–water partition coefficient (Wildman–Crippen LogP) is 4.48. The predicted molar refractivity (Wildman–Crippen MR) is 96.5 cm³/mol.